The first-order chi connectivity index (χ1) is 18.5. The molecule has 2 amide bonds. The van der Waals surface area contributed by atoms with Crippen molar-refractivity contribution in [2.24, 2.45) is 0 Å². The minimum atomic E-state index is -1.03. The zero-order valence-corrected chi connectivity index (χ0v) is 22.0. The van der Waals surface area contributed by atoms with Gasteiger partial charge in [0.25, 0.3) is 5.91 Å². The van der Waals surface area contributed by atoms with E-state index in [-0.39, 0.29) is 6.61 Å². The lowest BCUT2D eigenvalue weighted by Gasteiger charge is -2.18. The van der Waals surface area contributed by atoms with Gasteiger partial charge in [0.15, 0.2) is 0 Å². The lowest BCUT2D eigenvalue weighted by atomic mass is 10.1. The number of carbonyl (C=O) groups excluding carboxylic acids is 2. The predicted molar refractivity (Wildman–Crippen MR) is 146 cm³/mol. The van der Waals surface area contributed by atoms with E-state index >= 15 is 0 Å². The van der Waals surface area contributed by atoms with E-state index in [1.807, 2.05) is 79.7 Å². The Bertz CT molecular complexity index is 1310. The molecule has 196 valence electrons. The lowest BCUT2D eigenvalue weighted by molar-refractivity contribution is -0.118. The number of amides is 2. The van der Waals surface area contributed by atoms with Crippen molar-refractivity contribution in [3.8, 4) is 5.75 Å². The van der Waals surface area contributed by atoms with E-state index in [9.17, 15) is 9.59 Å². The molecular weight excluding hydrogens is 502 g/mol. The second kappa shape index (κ2) is 13.3. The molecule has 1 atom stereocenters. The van der Waals surface area contributed by atoms with Crippen molar-refractivity contribution in [1.29, 1.82) is 0 Å². The number of aromatic nitrogens is 2. The molecule has 0 radical (unpaired) electrons. The van der Waals surface area contributed by atoms with Gasteiger partial charge in [0, 0.05) is 0 Å². The Morgan fingerprint density at radius 3 is 2.13 bits per heavy atom. The molecule has 0 fully saturated rings. The van der Waals surface area contributed by atoms with Crippen LogP contribution in [0.25, 0.3) is 0 Å². The zero-order chi connectivity index (χ0) is 26.7. The lowest BCUT2D eigenvalue weighted by Crippen LogP contribution is -2.37. The number of hydrogen-bond donors (Lipinski definition) is 2. The molecule has 0 aliphatic carbocycles. The van der Waals surface area contributed by atoms with Gasteiger partial charge in [0.1, 0.15) is 30.0 Å². The van der Waals surface area contributed by atoms with E-state index in [4.69, 9.17) is 9.47 Å². The minimum absolute atomic E-state index is 0.0809. The second-order valence-electron chi connectivity index (χ2n) is 8.71. The fourth-order valence-corrected chi connectivity index (χ4v) is 4.36. The summed E-state index contributed by atoms with van der Waals surface area (Å²) in [5.74, 6) is 0.174. The molecule has 2 N–H and O–H groups in total. The van der Waals surface area contributed by atoms with E-state index in [1.54, 1.807) is 24.3 Å². The Kier molecular flexibility index (Phi) is 9.38. The number of nitrogens with one attached hydrogen (secondary N) is 2. The van der Waals surface area contributed by atoms with Crippen molar-refractivity contribution >= 4 is 28.5 Å². The van der Waals surface area contributed by atoms with Crippen LogP contribution in [-0.4, -0.2) is 41.2 Å². The number of ether oxygens (including phenoxy) is 2. The van der Waals surface area contributed by atoms with Gasteiger partial charge >= 0.3 is 6.09 Å². The van der Waals surface area contributed by atoms with Gasteiger partial charge in [-0.1, -0.05) is 84.1 Å². The number of hydrogen-bond acceptors (Lipinski definition) is 8. The maximum absolute atomic E-state index is 13.3. The van der Waals surface area contributed by atoms with Gasteiger partial charge in [-0.2, -0.15) is 0 Å². The van der Waals surface area contributed by atoms with Crippen LogP contribution in [0.5, 0.6) is 5.75 Å². The van der Waals surface area contributed by atoms with E-state index in [0.717, 1.165) is 16.1 Å². The van der Waals surface area contributed by atoms with Gasteiger partial charge in [0.2, 0.25) is 5.13 Å². The van der Waals surface area contributed by atoms with Crippen molar-refractivity contribution in [2.75, 3.05) is 19.4 Å². The van der Waals surface area contributed by atoms with Crippen LogP contribution < -0.4 is 15.4 Å². The van der Waals surface area contributed by atoms with Crippen molar-refractivity contribution in [1.82, 2.24) is 20.4 Å². The van der Waals surface area contributed by atoms with Crippen LogP contribution >= 0.6 is 11.3 Å². The summed E-state index contributed by atoms with van der Waals surface area (Å²) in [6.07, 6.45) is -0.719. The maximum atomic E-state index is 13.3. The highest BCUT2D eigenvalue weighted by Crippen LogP contribution is 2.23. The van der Waals surface area contributed by atoms with Crippen molar-refractivity contribution in [3.05, 3.63) is 107 Å². The predicted octanol–water partition coefficient (Wildman–Crippen LogP) is 4.78. The molecular formula is C28H29N5O4S. The Morgan fingerprint density at radius 1 is 0.868 bits per heavy atom. The fourth-order valence-electron chi connectivity index (χ4n) is 3.50. The Labute approximate surface area is 225 Å². The Hall–Kier alpha value is -4.28. The molecule has 0 saturated carbocycles. The highest BCUT2D eigenvalue weighted by molar-refractivity contribution is 7.15. The van der Waals surface area contributed by atoms with E-state index < -0.39 is 18.0 Å². The zero-order valence-electron chi connectivity index (χ0n) is 21.2. The van der Waals surface area contributed by atoms with Crippen LogP contribution in [0.3, 0.4) is 0 Å². The van der Waals surface area contributed by atoms with Gasteiger partial charge in [0.05, 0.1) is 6.54 Å². The molecule has 3 aromatic carbocycles. The summed E-state index contributed by atoms with van der Waals surface area (Å²) in [6, 6.07) is 25.1. The quantitative estimate of drug-likeness (QED) is 0.287. The normalized spacial score (nSPS) is 11.6. The molecule has 9 nitrogen and oxygen atoms in total. The third-order valence-electron chi connectivity index (χ3n) is 5.35. The van der Waals surface area contributed by atoms with Gasteiger partial charge in [-0.15, -0.1) is 10.2 Å². The summed E-state index contributed by atoms with van der Waals surface area (Å²) in [5, 5.41) is 14.7. The number of benzene rings is 3. The van der Waals surface area contributed by atoms with Crippen LogP contribution in [0.15, 0.2) is 84.9 Å². The SMILES string of the molecule is CN(C)Cc1nnc(NC(=O)[C@@H](NC(=O)OCc2ccccc2)c2ccc(OCc3ccccc3)cc2)s1. The number of carbonyl (C=O) groups is 2. The summed E-state index contributed by atoms with van der Waals surface area (Å²) >= 11 is 1.28. The summed E-state index contributed by atoms with van der Waals surface area (Å²) in [7, 11) is 3.85. The third kappa shape index (κ3) is 8.12. The van der Waals surface area contributed by atoms with Crippen molar-refractivity contribution < 1.29 is 19.1 Å². The molecule has 0 spiro atoms. The van der Waals surface area contributed by atoms with Gasteiger partial charge < -0.3 is 19.7 Å². The highest BCUT2D eigenvalue weighted by Gasteiger charge is 2.25. The van der Waals surface area contributed by atoms with Crippen LogP contribution in [-0.2, 0) is 29.3 Å². The largest absolute Gasteiger partial charge is 0.489 e. The Balaban J connectivity index is 1.45. The topological polar surface area (TPSA) is 106 Å². The molecule has 0 aliphatic heterocycles. The van der Waals surface area contributed by atoms with Crippen LogP contribution in [0.1, 0.15) is 27.7 Å². The van der Waals surface area contributed by atoms with Crippen molar-refractivity contribution in [2.45, 2.75) is 25.8 Å². The highest BCUT2D eigenvalue weighted by atomic mass is 32.1. The average molecular weight is 532 g/mol. The first-order valence-corrected chi connectivity index (χ1v) is 12.8. The van der Waals surface area contributed by atoms with Gasteiger partial charge in [-0.3, -0.25) is 10.1 Å². The van der Waals surface area contributed by atoms with Gasteiger partial charge in [-0.05, 0) is 42.9 Å². The van der Waals surface area contributed by atoms with E-state index in [1.165, 1.54) is 11.3 Å². The first kappa shape index (κ1) is 26.8. The van der Waals surface area contributed by atoms with E-state index in [2.05, 4.69) is 20.8 Å². The van der Waals surface area contributed by atoms with Gasteiger partial charge in [-0.25, -0.2) is 4.79 Å². The van der Waals surface area contributed by atoms with Crippen LogP contribution in [0.4, 0.5) is 9.93 Å². The van der Waals surface area contributed by atoms with Crippen LogP contribution in [0.2, 0.25) is 0 Å². The average Bonchev–Trinajstić information content (AvgIpc) is 3.36. The van der Waals surface area contributed by atoms with E-state index in [0.29, 0.717) is 29.6 Å². The first-order valence-electron chi connectivity index (χ1n) is 12.0. The smallest absolute Gasteiger partial charge is 0.408 e. The molecule has 38 heavy (non-hydrogen) atoms. The molecule has 1 aromatic heterocycles. The molecule has 10 heteroatoms. The molecule has 4 rings (SSSR count). The number of rotatable bonds is 11. The fraction of sp³-hybridized carbons (Fsp3) is 0.214. The van der Waals surface area contributed by atoms with Crippen LogP contribution in [0, 0.1) is 0 Å². The number of alkyl carbamates (subject to hydrolysis) is 1. The molecule has 0 aliphatic rings. The molecule has 0 saturated heterocycles. The summed E-state index contributed by atoms with van der Waals surface area (Å²) in [6.45, 7) is 1.10. The summed E-state index contributed by atoms with van der Waals surface area (Å²) < 4.78 is 11.2. The minimum Gasteiger partial charge on any atom is -0.489 e. The Morgan fingerprint density at radius 2 is 1.50 bits per heavy atom. The summed E-state index contributed by atoms with van der Waals surface area (Å²) in [4.78, 5) is 27.9. The molecule has 4 aromatic rings. The summed E-state index contributed by atoms with van der Waals surface area (Å²) in [5.41, 5.74) is 2.44. The monoisotopic (exact) mass is 531 g/mol. The van der Waals surface area contributed by atoms with Crippen molar-refractivity contribution in [3.63, 3.8) is 0 Å². The molecule has 0 unspecified atom stereocenters. The number of nitrogens with zero attached hydrogens (tertiary/aromatic N) is 3. The maximum Gasteiger partial charge on any atom is 0.408 e. The third-order valence-corrected chi connectivity index (χ3v) is 6.17. The molecule has 0 bridgehead atoms. The second-order valence-corrected chi connectivity index (χ2v) is 9.77. The number of anilines is 1. The molecule has 1 heterocycles. The standard InChI is InChI=1S/C28H29N5O4S/c1-33(2)17-24-31-32-27(38-24)30-26(34)25(29-28(35)37-19-21-11-7-4-8-12-21)22-13-15-23(16-14-22)36-18-20-9-5-3-6-10-20/h3-16,25H,17-19H2,1-2H3,(H,29,35)(H,30,32,34)/t25-/m0/s1.